The van der Waals surface area contributed by atoms with Crippen LogP contribution in [0.3, 0.4) is 0 Å². The van der Waals surface area contributed by atoms with Crippen molar-refractivity contribution < 1.29 is 24.9 Å². The molecule has 0 aliphatic heterocycles. The third kappa shape index (κ3) is 6.66. The number of phenolic OH excluding ortho intramolecular Hbond substituents is 1. The first-order chi connectivity index (χ1) is 25.2. The van der Waals surface area contributed by atoms with Gasteiger partial charge >= 0.3 is 5.97 Å². The highest BCUT2D eigenvalue weighted by molar-refractivity contribution is 7.12. The number of ether oxygens (including phenoxy) is 1. The average molecular weight is 741 g/mol. The van der Waals surface area contributed by atoms with Crippen LogP contribution in [0.15, 0.2) is 82.3 Å². The van der Waals surface area contributed by atoms with Crippen molar-refractivity contribution in [1.29, 1.82) is 0 Å². The van der Waals surface area contributed by atoms with E-state index in [2.05, 4.69) is 25.9 Å². The van der Waals surface area contributed by atoms with Gasteiger partial charge in [0, 0.05) is 37.1 Å². The van der Waals surface area contributed by atoms with E-state index in [-0.39, 0.29) is 29.4 Å². The number of phenols is 1. The Morgan fingerprint density at radius 3 is 2.56 bits per heavy atom. The number of nitrogens with zero attached hydrogens (tertiary/aromatic N) is 3. The molecule has 0 saturated heterocycles. The smallest absolute Gasteiger partial charge is 0.349 e. The van der Waals surface area contributed by atoms with Gasteiger partial charge in [-0.25, -0.2) is 9.48 Å². The van der Waals surface area contributed by atoms with Crippen LogP contribution in [0.4, 0.5) is 0 Å². The normalized spacial score (nSPS) is 20.6. The zero-order valence-electron chi connectivity index (χ0n) is 28.3. The molecule has 2 aromatic carbocycles. The van der Waals surface area contributed by atoms with Crippen molar-refractivity contribution in [3.63, 3.8) is 0 Å². The fourth-order valence-electron chi connectivity index (χ4n) is 7.82. The lowest BCUT2D eigenvalue weighted by Gasteiger charge is -2.57. The zero-order chi connectivity index (χ0) is 35.9. The van der Waals surface area contributed by atoms with Crippen LogP contribution in [-0.4, -0.2) is 66.5 Å². The van der Waals surface area contributed by atoms with E-state index in [1.165, 1.54) is 34.8 Å². The fourth-order valence-corrected chi connectivity index (χ4v) is 9.54. The van der Waals surface area contributed by atoms with Gasteiger partial charge < -0.3 is 35.7 Å². The number of nitrogens with one attached hydrogen (secondary N) is 3. The quantitative estimate of drug-likeness (QED) is 0.0679. The van der Waals surface area contributed by atoms with Gasteiger partial charge in [0.05, 0.1) is 26.9 Å². The summed E-state index contributed by atoms with van der Waals surface area (Å²) in [6.45, 7) is 2.41. The van der Waals surface area contributed by atoms with Crippen molar-refractivity contribution in [2.45, 2.75) is 69.0 Å². The van der Waals surface area contributed by atoms with Gasteiger partial charge in [0.15, 0.2) is 0 Å². The minimum atomic E-state index is -1.76. The molecule has 0 unspecified atom stereocenters. The summed E-state index contributed by atoms with van der Waals surface area (Å²) in [5, 5.41) is 52.5. The Bertz CT molecular complexity index is 2200. The first-order valence-corrected chi connectivity index (χ1v) is 19.3. The summed E-state index contributed by atoms with van der Waals surface area (Å²) in [5.41, 5.74) is 1.87. The van der Waals surface area contributed by atoms with Crippen molar-refractivity contribution >= 4 is 50.6 Å². The average Bonchev–Trinajstić information content (AvgIpc) is 3.91. The summed E-state index contributed by atoms with van der Waals surface area (Å²) < 4.78 is 7.80. The monoisotopic (exact) mass is 740 g/mol. The third-order valence-corrected chi connectivity index (χ3v) is 12.5. The number of aryl methyl sites for hydroxylation is 1. The first-order valence-electron chi connectivity index (χ1n) is 17.5. The van der Waals surface area contributed by atoms with Gasteiger partial charge in [-0.15, -0.1) is 27.8 Å². The largest absolute Gasteiger partial charge is 0.506 e. The Morgan fingerprint density at radius 1 is 1.06 bits per heavy atom. The fraction of sp³-hybridized carbons (Fsp3) is 0.368. The number of aromatic amines is 1. The molecule has 14 heteroatoms. The number of hydrogen-bond acceptors (Lipinski definition) is 12. The van der Waals surface area contributed by atoms with Crippen LogP contribution in [0, 0.1) is 5.41 Å². The van der Waals surface area contributed by atoms with E-state index in [0.717, 1.165) is 61.8 Å². The number of aliphatic hydroxyl groups is 2. The second kappa shape index (κ2) is 14.2. The van der Waals surface area contributed by atoms with Gasteiger partial charge in [0.2, 0.25) is 11.2 Å². The van der Waals surface area contributed by atoms with Crippen molar-refractivity contribution in [1.82, 2.24) is 30.6 Å². The van der Waals surface area contributed by atoms with Gasteiger partial charge in [0.25, 0.3) is 0 Å². The molecule has 0 amide bonds. The minimum absolute atomic E-state index is 0.0395. The summed E-state index contributed by atoms with van der Waals surface area (Å²) in [6.07, 6.45) is 3.71. The van der Waals surface area contributed by atoms with Gasteiger partial charge in [-0.2, -0.15) is 0 Å². The van der Waals surface area contributed by atoms with Crippen LogP contribution in [0.2, 0.25) is 0 Å². The van der Waals surface area contributed by atoms with Crippen LogP contribution >= 0.6 is 22.7 Å². The number of hydrogen-bond donors (Lipinski definition) is 6. The van der Waals surface area contributed by atoms with Gasteiger partial charge in [-0.3, -0.25) is 4.79 Å². The highest BCUT2D eigenvalue weighted by Gasteiger charge is 2.55. The number of carbonyl (C=O) groups excluding carboxylic acids is 1. The maximum atomic E-state index is 13.3. The number of H-pyrrole nitrogens is 1. The van der Waals surface area contributed by atoms with Crippen LogP contribution in [-0.2, 0) is 28.2 Å². The first kappa shape index (κ1) is 34.6. The molecule has 8 rings (SSSR count). The highest BCUT2D eigenvalue weighted by atomic mass is 32.1. The van der Waals surface area contributed by atoms with E-state index in [0.29, 0.717) is 38.8 Å². The molecule has 1 atom stereocenters. The van der Waals surface area contributed by atoms with Crippen LogP contribution in [0.1, 0.15) is 59.1 Å². The standard InChI is InChI=1S/C38H40N6O6S2/c45-30-10-7-26(27-8-11-34(47)41-35(27)30)31(46)22-39-21-23-6-9-29-28(16-23)42-43-44(29)13-3-12-40-24-17-37(18-24)19-25(20-37)50-36(48)38(49,32-4-1-14-51-32)33-5-2-15-52-33/h1-2,4-11,14-16,24-25,31,39-40,45-46,49H,3,12-13,17-22H2,(H,41,47)/t24?,25?,31-,37?/m0/s1. The van der Waals surface area contributed by atoms with E-state index in [1.54, 1.807) is 24.3 Å². The molecule has 12 nitrogen and oxygen atoms in total. The highest BCUT2D eigenvalue weighted by Crippen LogP contribution is 2.57. The van der Waals surface area contributed by atoms with Crippen LogP contribution in [0.5, 0.6) is 5.75 Å². The lowest BCUT2D eigenvalue weighted by Crippen LogP contribution is -2.58. The summed E-state index contributed by atoms with van der Waals surface area (Å²) in [4.78, 5) is 28.8. The molecule has 6 N–H and O–H groups in total. The second-order valence-corrected chi connectivity index (χ2v) is 16.0. The Labute approximate surface area is 307 Å². The summed E-state index contributed by atoms with van der Waals surface area (Å²) >= 11 is 2.71. The number of pyridine rings is 1. The van der Waals surface area contributed by atoms with E-state index in [1.807, 2.05) is 45.8 Å². The van der Waals surface area contributed by atoms with Crippen molar-refractivity contribution in [3.05, 3.63) is 109 Å². The van der Waals surface area contributed by atoms with Gasteiger partial charge in [0.1, 0.15) is 17.4 Å². The van der Waals surface area contributed by atoms with Crippen molar-refractivity contribution in [3.8, 4) is 5.75 Å². The Kier molecular flexibility index (Phi) is 9.44. The molecular formula is C38H40N6O6S2. The minimum Gasteiger partial charge on any atom is -0.506 e. The van der Waals surface area contributed by atoms with Gasteiger partial charge in [-0.05, 0) is 102 Å². The van der Waals surface area contributed by atoms with E-state index in [9.17, 15) is 24.9 Å². The predicted molar refractivity (Wildman–Crippen MR) is 199 cm³/mol. The lowest BCUT2D eigenvalue weighted by atomic mass is 9.53. The molecule has 2 aliphatic carbocycles. The number of fused-ring (bicyclic) bond motifs is 2. The molecule has 2 saturated carbocycles. The molecule has 4 aromatic heterocycles. The number of benzene rings is 2. The summed E-state index contributed by atoms with van der Waals surface area (Å²) in [6, 6.07) is 19.9. The number of thiophene rings is 2. The second-order valence-electron chi connectivity index (χ2n) is 14.1. The lowest BCUT2D eigenvalue weighted by molar-refractivity contribution is -0.186. The molecule has 270 valence electrons. The molecule has 2 fully saturated rings. The Balaban J connectivity index is 0.758. The number of aromatic hydroxyl groups is 1. The third-order valence-electron chi connectivity index (χ3n) is 10.5. The molecule has 1 spiro atoms. The number of aromatic nitrogens is 4. The van der Waals surface area contributed by atoms with Crippen LogP contribution < -0.4 is 16.2 Å². The summed E-state index contributed by atoms with van der Waals surface area (Å²) in [7, 11) is 0. The molecule has 0 radical (unpaired) electrons. The van der Waals surface area contributed by atoms with E-state index in [4.69, 9.17) is 4.74 Å². The van der Waals surface area contributed by atoms with E-state index < -0.39 is 17.7 Å². The summed E-state index contributed by atoms with van der Waals surface area (Å²) in [5.74, 6) is -0.626. The molecular weight excluding hydrogens is 701 g/mol. The van der Waals surface area contributed by atoms with Crippen molar-refractivity contribution in [2.75, 3.05) is 13.1 Å². The zero-order valence-corrected chi connectivity index (χ0v) is 30.0. The molecule has 6 aromatic rings. The van der Waals surface area contributed by atoms with Gasteiger partial charge in [-0.1, -0.05) is 29.5 Å². The molecule has 4 heterocycles. The number of aliphatic hydroxyl groups excluding tert-OH is 1. The predicted octanol–water partition coefficient (Wildman–Crippen LogP) is 4.69. The Morgan fingerprint density at radius 2 is 1.83 bits per heavy atom. The molecule has 0 bridgehead atoms. The number of esters is 1. The Hall–Kier alpha value is -4.44. The number of rotatable bonds is 14. The van der Waals surface area contributed by atoms with E-state index >= 15 is 0 Å². The topological polar surface area (TPSA) is 175 Å². The maximum absolute atomic E-state index is 13.3. The maximum Gasteiger partial charge on any atom is 0.349 e. The number of carbonyl (C=O) groups is 1. The van der Waals surface area contributed by atoms with Crippen molar-refractivity contribution in [2.24, 2.45) is 5.41 Å². The van der Waals surface area contributed by atoms with Crippen LogP contribution in [0.25, 0.3) is 21.9 Å². The molecule has 52 heavy (non-hydrogen) atoms. The SMILES string of the molecule is O=C(OC1CC2(CC(NCCCn3nnc4cc(CNC[C@H](O)c5ccc(O)c6[nH]c(=O)ccc56)ccc43)C2)C1)C(O)(c1cccs1)c1cccs1. The molecule has 2 aliphatic rings.